The quantitative estimate of drug-likeness (QED) is 0.743. The summed E-state index contributed by atoms with van der Waals surface area (Å²) in [5, 5.41) is 0. The lowest BCUT2D eigenvalue weighted by molar-refractivity contribution is 0.0520. The first-order valence-electron chi connectivity index (χ1n) is 4.02. The number of esters is 1. The Balaban J connectivity index is 2.36. The van der Waals surface area contributed by atoms with E-state index in [-0.39, 0.29) is 0 Å². The molecular formula is C8H7ClN2O2S. The summed E-state index contributed by atoms with van der Waals surface area (Å²) in [5.74, 6) is -0.403. The van der Waals surface area contributed by atoms with Crippen LogP contribution in [-0.4, -0.2) is 22.0 Å². The fourth-order valence-corrected chi connectivity index (χ4v) is 2.08. The lowest BCUT2D eigenvalue weighted by Crippen LogP contribution is -2.04. The van der Waals surface area contributed by atoms with Crippen molar-refractivity contribution in [3.05, 3.63) is 22.4 Å². The molecule has 74 valence electrons. The summed E-state index contributed by atoms with van der Waals surface area (Å²) >= 11 is 7.08. The summed E-state index contributed by atoms with van der Waals surface area (Å²) in [6.45, 7) is 2.11. The fourth-order valence-electron chi connectivity index (χ4n) is 1.07. The first-order valence-corrected chi connectivity index (χ1v) is 5.21. The van der Waals surface area contributed by atoms with E-state index in [1.165, 1.54) is 11.3 Å². The number of thiazole rings is 1. The highest BCUT2D eigenvalue weighted by Gasteiger charge is 2.12. The Morgan fingerprint density at radius 1 is 1.71 bits per heavy atom. The maximum Gasteiger partial charge on any atom is 0.358 e. The Hall–Kier alpha value is -1.07. The summed E-state index contributed by atoms with van der Waals surface area (Å²) < 4.78 is 7.16. The van der Waals surface area contributed by atoms with Crippen LogP contribution in [0.3, 0.4) is 0 Å². The zero-order valence-electron chi connectivity index (χ0n) is 7.36. The minimum absolute atomic E-state index is 0.315. The van der Waals surface area contributed by atoms with Gasteiger partial charge in [-0.05, 0) is 6.92 Å². The zero-order valence-corrected chi connectivity index (χ0v) is 8.93. The van der Waals surface area contributed by atoms with Gasteiger partial charge < -0.3 is 4.74 Å². The average molecular weight is 231 g/mol. The van der Waals surface area contributed by atoms with Gasteiger partial charge in [0.25, 0.3) is 0 Å². The molecule has 14 heavy (non-hydrogen) atoms. The molecule has 2 heterocycles. The zero-order chi connectivity index (χ0) is 10.1. The standard InChI is InChI=1S/C8H7ClN2O2S/c1-2-13-7(12)5-3-11-4-6(9)14-8(11)10-5/h3-4H,2H2,1H3. The molecule has 4 nitrogen and oxygen atoms in total. The van der Waals surface area contributed by atoms with E-state index in [0.717, 1.165) is 0 Å². The molecule has 2 aromatic rings. The molecule has 0 unspecified atom stereocenters. The number of carbonyl (C=O) groups excluding carboxylic acids is 1. The normalized spacial score (nSPS) is 10.7. The van der Waals surface area contributed by atoms with E-state index in [9.17, 15) is 4.79 Å². The molecule has 0 saturated heterocycles. The van der Waals surface area contributed by atoms with Gasteiger partial charge in [-0.3, -0.25) is 4.40 Å². The molecule has 0 aliphatic carbocycles. The maximum absolute atomic E-state index is 11.3. The Labute approximate surface area is 89.1 Å². The van der Waals surface area contributed by atoms with Gasteiger partial charge in [-0.2, -0.15) is 0 Å². The molecule has 0 spiro atoms. The van der Waals surface area contributed by atoms with Crippen molar-refractivity contribution < 1.29 is 9.53 Å². The molecule has 0 radical (unpaired) electrons. The number of ether oxygens (including phenoxy) is 1. The van der Waals surface area contributed by atoms with E-state index in [4.69, 9.17) is 16.3 Å². The van der Waals surface area contributed by atoms with Gasteiger partial charge >= 0.3 is 5.97 Å². The van der Waals surface area contributed by atoms with Crippen molar-refractivity contribution in [1.82, 2.24) is 9.38 Å². The number of imidazole rings is 1. The molecule has 0 bridgehead atoms. The van der Waals surface area contributed by atoms with Crippen LogP contribution in [0, 0.1) is 0 Å². The molecule has 6 heteroatoms. The minimum Gasteiger partial charge on any atom is -0.461 e. The average Bonchev–Trinajstić information content (AvgIpc) is 2.61. The van der Waals surface area contributed by atoms with Gasteiger partial charge in [0, 0.05) is 12.4 Å². The largest absolute Gasteiger partial charge is 0.461 e. The highest BCUT2D eigenvalue weighted by molar-refractivity contribution is 7.20. The second kappa shape index (κ2) is 3.59. The summed E-state index contributed by atoms with van der Waals surface area (Å²) in [7, 11) is 0. The monoisotopic (exact) mass is 230 g/mol. The Bertz CT molecular complexity index is 445. The Kier molecular flexibility index (Phi) is 2.43. The summed E-state index contributed by atoms with van der Waals surface area (Å²) in [6, 6.07) is 0. The van der Waals surface area contributed by atoms with Crippen LogP contribution in [0.4, 0.5) is 0 Å². The maximum atomic E-state index is 11.3. The van der Waals surface area contributed by atoms with Crippen LogP contribution in [0.1, 0.15) is 17.4 Å². The van der Waals surface area contributed by atoms with Crippen LogP contribution in [0.2, 0.25) is 4.34 Å². The van der Waals surface area contributed by atoms with E-state index < -0.39 is 5.97 Å². The van der Waals surface area contributed by atoms with E-state index in [1.54, 1.807) is 23.7 Å². The van der Waals surface area contributed by atoms with E-state index >= 15 is 0 Å². The minimum atomic E-state index is -0.403. The highest BCUT2D eigenvalue weighted by Crippen LogP contribution is 2.22. The molecule has 0 aliphatic rings. The van der Waals surface area contributed by atoms with Crippen molar-refractivity contribution in [1.29, 1.82) is 0 Å². The van der Waals surface area contributed by atoms with Gasteiger partial charge in [0.2, 0.25) is 0 Å². The molecule has 2 aromatic heterocycles. The molecule has 0 atom stereocenters. The van der Waals surface area contributed by atoms with Crippen LogP contribution in [0.5, 0.6) is 0 Å². The lowest BCUT2D eigenvalue weighted by Gasteiger charge is -1.95. The summed E-state index contributed by atoms with van der Waals surface area (Å²) in [5.41, 5.74) is 0.315. The molecular weight excluding hydrogens is 224 g/mol. The highest BCUT2D eigenvalue weighted by atomic mass is 35.5. The predicted molar refractivity (Wildman–Crippen MR) is 54.0 cm³/mol. The van der Waals surface area contributed by atoms with Crippen LogP contribution < -0.4 is 0 Å². The van der Waals surface area contributed by atoms with Gasteiger partial charge in [-0.15, -0.1) is 0 Å². The Morgan fingerprint density at radius 3 is 3.14 bits per heavy atom. The third-order valence-electron chi connectivity index (χ3n) is 1.61. The predicted octanol–water partition coefficient (Wildman–Crippen LogP) is 2.23. The van der Waals surface area contributed by atoms with Gasteiger partial charge in [-0.1, -0.05) is 22.9 Å². The third kappa shape index (κ3) is 1.60. The fraction of sp³-hybridized carbons (Fsp3) is 0.250. The number of hydrogen-bond acceptors (Lipinski definition) is 4. The van der Waals surface area contributed by atoms with E-state index in [2.05, 4.69) is 4.98 Å². The number of hydrogen-bond donors (Lipinski definition) is 0. The molecule has 0 fully saturated rings. The smallest absolute Gasteiger partial charge is 0.358 e. The van der Waals surface area contributed by atoms with E-state index in [0.29, 0.717) is 21.6 Å². The third-order valence-corrected chi connectivity index (χ3v) is 2.73. The van der Waals surface area contributed by atoms with Crippen LogP contribution >= 0.6 is 22.9 Å². The van der Waals surface area contributed by atoms with Gasteiger partial charge in [-0.25, -0.2) is 9.78 Å². The molecule has 0 saturated carbocycles. The number of carbonyl (C=O) groups is 1. The van der Waals surface area contributed by atoms with Gasteiger partial charge in [0.1, 0.15) is 4.34 Å². The number of fused-ring (bicyclic) bond motifs is 1. The van der Waals surface area contributed by atoms with Crippen molar-refractivity contribution in [2.75, 3.05) is 6.61 Å². The first-order chi connectivity index (χ1) is 6.70. The first kappa shape index (κ1) is 9.48. The van der Waals surface area contributed by atoms with Crippen LogP contribution in [-0.2, 0) is 4.74 Å². The van der Waals surface area contributed by atoms with Crippen LogP contribution in [0.15, 0.2) is 12.4 Å². The Morgan fingerprint density at radius 2 is 2.50 bits per heavy atom. The molecule has 0 N–H and O–H groups in total. The molecule has 0 aliphatic heterocycles. The second-order valence-electron chi connectivity index (χ2n) is 2.57. The SMILES string of the molecule is CCOC(=O)c1cn2cc(Cl)sc2n1. The number of aromatic nitrogens is 2. The topological polar surface area (TPSA) is 43.6 Å². The second-order valence-corrected chi connectivity index (χ2v) is 4.21. The van der Waals surface area contributed by atoms with Gasteiger partial charge in [0.05, 0.1) is 6.61 Å². The number of halogens is 1. The van der Waals surface area contributed by atoms with Crippen molar-refractivity contribution in [3.8, 4) is 0 Å². The van der Waals surface area contributed by atoms with Crippen molar-refractivity contribution in [2.45, 2.75) is 6.92 Å². The molecule has 0 aromatic carbocycles. The van der Waals surface area contributed by atoms with Gasteiger partial charge in [0.15, 0.2) is 10.7 Å². The molecule has 0 amide bonds. The number of rotatable bonds is 2. The van der Waals surface area contributed by atoms with E-state index in [1.807, 2.05) is 0 Å². The number of nitrogens with zero attached hydrogens (tertiary/aromatic N) is 2. The van der Waals surface area contributed by atoms with Crippen molar-refractivity contribution >= 4 is 33.9 Å². The lowest BCUT2D eigenvalue weighted by atomic mass is 10.5. The summed E-state index contributed by atoms with van der Waals surface area (Å²) in [4.78, 5) is 16.0. The van der Waals surface area contributed by atoms with Crippen molar-refractivity contribution in [2.24, 2.45) is 0 Å². The molecule has 2 rings (SSSR count). The summed E-state index contributed by atoms with van der Waals surface area (Å²) in [6.07, 6.45) is 3.31. The van der Waals surface area contributed by atoms with Crippen LogP contribution in [0.25, 0.3) is 4.96 Å². The van der Waals surface area contributed by atoms with Crippen molar-refractivity contribution in [3.63, 3.8) is 0 Å².